The standard InChI is InChI=1S/C15H12BrNO3/c1-10-7-11(9-16)8-13(17(19)20)14(10)15(18)12-5-3-2-4-6-12/h2-8H,9H2,1H3. The van der Waals surface area contributed by atoms with Gasteiger partial charge in [-0.05, 0) is 18.1 Å². The van der Waals surface area contributed by atoms with Gasteiger partial charge >= 0.3 is 0 Å². The molecule has 20 heavy (non-hydrogen) atoms. The normalized spacial score (nSPS) is 10.3. The van der Waals surface area contributed by atoms with Crippen molar-refractivity contribution in [2.24, 2.45) is 0 Å². The van der Waals surface area contributed by atoms with Crippen molar-refractivity contribution in [3.63, 3.8) is 0 Å². The lowest BCUT2D eigenvalue weighted by atomic mass is 9.96. The first-order valence-corrected chi connectivity index (χ1v) is 7.10. The first kappa shape index (κ1) is 14.4. The Hall–Kier alpha value is -2.01. The smallest absolute Gasteiger partial charge is 0.281 e. The third-order valence-corrected chi connectivity index (χ3v) is 3.64. The van der Waals surface area contributed by atoms with E-state index in [0.29, 0.717) is 16.5 Å². The van der Waals surface area contributed by atoms with E-state index in [9.17, 15) is 14.9 Å². The Bertz CT molecular complexity index is 668. The Morgan fingerprint density at radius 1 is 1.25 bits per heavy atom. The van der Waals surface area contributed by atoms with E-state index in [1.54, 1.807) is 43.3 Å². The second-order valence-electron chi connectivity index (χ2n) is 4.39. The van der Waals surface area contributed by atoms with Crippen LogP contribution in [-0.4, -0.2) is 10.7 Å². The van der Waals surface area contributed by atoms with Gasteiger partial charge in [0.15, 0.2) is 5.78 Å². The maximum absolute atomic E-state index is 12.5. The molecule has 0 saturated carbocycles. The van der Waals surface area contributed by atoms with Crippen molar-refractivity contribution in [3.8, 4) is 0 Å². The second kappa shape index (κ2) is 5.96. The van der Waals surface area contributed by atoms with E-state index in [1.807, 2.05) is 0 Å². The van der Waals surface area contributed by atoms with E-state index in [4.69, 9.17) is 0 Å². The number of carbonyl (C=O) groups is 1. The van der Waals surface area contributed by atoms with E-state index in [0.717, 1.165) is 5.56 Å². The summed E-state index contributed by atoms with van der Waals surface area (Å²) in [6.07, 6.45) is 0. The molecular weight excluding hydrogens is 322 g/mol. The van der Waals surface area contributed by atoms with Crippen LogP contribution < -0.4 is 0 Å². The van der Waals surface area contributed by atoms with Crippen LogP contribution in [0.5, 0.6) is 0 Å². The second-order valence-corrected chi connectivity index (χ2v) is 4.95. The number of alkyl halides is 1. The van der Waals surface area contributed by atoms with Gasteiger partial charge in [0, 0.05) is 17.0 Å². The number of hydrogen-bond acceptors (Lipinski definition) is 3. The molecule has 0 bridgehead atoms. The van der Waals surface area contributed by atoms with Gasteiger partial charge in [0.2, 0.25) is 0 Å². The number of nitro benzene ring substituents is 1. The van der Waals surface area contributed by atoms with Crippen LogP contribution in [0.3, 0.4) is 0 Å². The lowest BCUT2D eigenvalue weighted by Crippen LogP contribution is -2.08. The van der Waals surface area contributed by atoms with Crippen molar-refractivity contribution in [1.82, 2.24) is 0 Å². The van der Waals surface area contributed by atoms with Crippen LogP contribution in [0.25, 0.3) is 0 Å². The molecule has 0 amide bonds. The molecule has 102 valence electrons. The first-order chi connectivity index (χ1) is 9.54. The van der Waals surface area contributed by atoms with E-state index in [2.05, 4.69) is 15.9 Å². The van der Waals surface area contributed by atoms with Crippen LogP contribution in [0.15, 0.2) is 42.5 Å². The maximum atomic E-state index is 12.5. The topological polar surface area (TPSA) is 60.2 Å². The monoisotopic (exact) mass is 333 g/mol. The Morgan fingerprint density at radius 2 is 1.90 bits per heavy atom. The van der Waals surface area contributed by atoms with E-state index in [1.165, 1.54) is 6.07 Å². The SMILES string of the molecule is Cc1cc(CBr)cc([N+](=O)[O-])c1C(=O)c1ccccc1. The van der Waals surface area contributed by atoms with Crippen molar-refractivity contribution in [2.45, 2.75) is 12.3 Å². The van der Waals surface area contributed by atoms with Gasteiger partial charge in [-0.1, -0.05) is 52.3 Å². The summed E-state index contributed by atoms with van der Waals surface area (Å²) in [5.41, 5.74) is 1.85. The van der Waals surface area contributed by atoms with Crippen molar-refractivity contribution in [3.05, 3.63) is 74.8 Å². The molecule has 0 fully saturated rings. The summed E-state index contributed by atoms with van der Waals surface area (Å²) >= 11 is 3.27. The van der Waals surface area contributed by atoms with Gasteiger partial charge in [0.05, 0.1) is 4.92 Å². The van der Waals surface area contributed by atoms with Gasteiger partial charge in [-0.25, -0.2) is 0 Å². The molecule has 0 unspecified atom stereocenters. The summed E-state index contributed by atoms with van der Waals surface area (Å²) in [6.45, 7) is 1.72. The van der Waals surface area contributed by atoms with Crippen molar-refractivity contribution < 1.29 is 9.72 Å². The highest BCUT2D eigenvalue weighted by molar-refractivity contribution is 9.08. The number of rotatable bonds is 4. The minimum absolute atomic E-state index is 0.145. The van der Waals surface area contributed by atoms with Gasteiger partial charge in [-0.3, -0.25) is 14.9 Å². The minimum atomic E-state index is -0.505. The number of benzene rings is 2. The molecule has 2 aromatic carbocycles. The highest BCUT2D eigenvalue weighted by Crippen LogP contribution is 2.27. The van der Waals surface area contributed by atoms with Gasteiger partial charge in [-0.15, -0.1) is 0 Å². The molecule has 0 aliphatic rings. The summed E-state index contributed by atoms with van der Waals surface area (Å²) < 4.78 is 0. The Labute approximate surface area is 124 Å². The van der Waals surface area contributed by atoms with Gasteiger partial charge in [0.25, 0.3) is 5.69 Å². The number of hydrogen-bond donors (Lipinski definition) is 0. The fourth-order valence-electron chi connectivity index (χ4n) is 2.09. The van der Waals surface area contributed by atoms with Crippen LogP contribution in [0.1, 0.15) is 27.0 Å². The summed E-state index contributed by atoms with van der Waals surface area (Å²) in [4.78, 5) is 23.2. The Morgan fingerprint density at radius 3 is 2.45 bits per heavy atom. The predicted molar refractivity (Wildman–Crippen MR) is 80.3 cm³/mol. The molecule has 0 N–H and O–H groups in total. The van der Waals surface area contributed by atoms with Gasteiger partial charge in [-0.2, -0.15) is 0 Å². The summed E-state index contributed by atoms with van der Waals surface area (Å²) in [7, 11) is 0. The van der Waals surface area contributed by atoms with Gasteiger partial charge < -0.3 is 0 Å². The zero-order valence-corrected chi connectivity index (χ0v) is 12.4. The molecule has 0 aromatic heterocycles. The fourth-order valence-corrected chi connectivity index (χ4v) is 2.42. The molecule has 0 aliphatic carbocycles. The Balaban J connectivity index is 2.61. The number of ketones is 1. The zero-order valence-electron chi connectivity index (χ0n) is 10.8. The molecule has 0 radical (unpaired) electrons. The fraction of sp³-hybridized carbons (Fsp3) is 0.133. The van der Waals surface area contributed by atoms with Crippen LogP contribution >= 0.6 is 15.9 Å². The third kappa shape index (κ3) is 2.77. The highest BCUT2D eigenvalue weighted by atomic mass is 79.9. The highest BCUT2D eigenvalue weighted by Gasteiger charge is 2.24. The van der Waals surface area contributed by atoms with Crippen LogP contribution in [0, 0.1) is 17.0 Å². The third-order valence-electron chi connectivity index (χ3n) is 2.99. The lowest BCUT2D eigenvalue weighted by Gasteiger charge is -2.08. The average Bonchev–Trinajstić information content (AvgIpc) is 2.46. The van der Waals surface area contributed by atoms with Crippen molar-refractivity contribution >= 4 is 27.4 Å². The van der Waals surface area contributed by atoms with Crippen molar-refractivity contribution in [1.29, 1.82) is 0 Å². The molecule has 0 atom stereocenters. The number of carbonyl (C=O) groups excluding carboxylic acids is 1. The molecule has 0 spiro atoms. The molecule has 2 aromatic rings. The number of nitrogens with zero attached hydrogens (tertiary/aromatic N) is 1. The van der Waals surface area contributed by atoms with Crippen LogP contribution in [0.4, 0.5) is 5.69 Å². The van der Waals surface area contributed by atoms with Crippen LogP contribution in [0.2, 0.25) is 0 Å². The van der Waals surface area contributed by atoms with Crippen molar-refractivity contribution in [2.75, 3.05) is 0 Å². The van der Waals surface area contributed by atoms with E-state index < -0.39 is 4.92 Å². The molecular formula is C15H12BrNO3. The predicted octanol–water partition coefficient (Wildman–Crippen LogP) is 4.03. The quantitative estimate of drug-likeness (QED) is 0.367. The molecule has 0 heterocycles. The van der Waals surface area contributed by atoms with Crippen LogP contribution in [-0.2, 0) is 5.33 Å². The van der Waals surface area contributed by atoms with E-state index in [-0.39, 0.29) is 17.0 Å². The summed E-state index contributed by atoms with van der Waals surface area (Å²) in [5.74, 6) is -0.323. The first-order valence-electron chi connectivity index (χ1n) is 5.98. The summed E-state index contributed by atoms with van der Waals surface area (Å²) in [6, 6.07) is 11.8. The number of nitro groups is 1. The zero-order chi connectivity index (χ0) is 14.7. The molecule has 2 rings (SSSR count). The molecule has 0 saturated heterocycles. The maximum Gasteiger partial charge on any atom is 0.281 e. The molecule has 4 nitrogen and oxygen atoms in total. The Kier molecular flexibility index (Phi) is 4.29. The average molecular weight is 334 g/mol. The lowest BCUT2D eigenvalue weighted by molar-refractivity contribution is -0.385. The molecule has 0 aliphatic heterocycles. The van der Waals surface area contributed by atoms with E-state index >= 15 is 0 Å². The number of halogens is 1. The largest absolute Gasteiger partial charge is 0.288 e. The number of aryl methyl sites for hydroxylation is 1. The summed E-state index contributed by atoms with van der Waals surface area (Å²) in [5, 5.41) is 11.7. The minimum Gasteiger partial charge on any atom is -0.288 e. The van der Waals surface area contributed by atoms with Gasteiger partial charge in [0.1, 0.15) is 5.56 Å². The molecule has 5 heteroatoms.